The van der Waals surface area contributed by atoms with Crippen molar-refractivity contribution >= 4 is 34.3 Å². The second kappa shape index (κ2) is 15.4. The van der Waals surface area contributed by atoms with Crippen LogP contribution in [0.4, 0.5) is 27.2 Å². The first kappa shape index (κ1) is 39.6. The molecule has 0 radical (unpaired) electrons. The van der Waals surface area contributed by atoms with Gasteiger partial charge >= 0.3 is 24.2 Å². The highest BCUT2D eigenvalue weighted by Crippen LogP contribution is 2.29. The van der Waals surface area contributed by atoms with E-state index in [1.165, 1.54) is 6.20 Å². The van der Waals surface area contributed by atoms with Gasteiger partial charge in [-0.1, -0.05) is 0 Å². The molecule has 0 aliphatic rings. The summed E-state index contributed by atoms with van der Waals surface area (Å²) in [5, 5.41) is 6.78. The molecule has 0 aliphatic heterocycles. The molecule has 0 saturated heterocycles. The van der Waals surface area contributed by atoms with Gasteiger partial charge in [0, 0.05) is 24.5 Å². The molecule has 0 atom stereocenters. The molecule has 0 spiro atoms. The van der Waals surface area contributed by atoms with Gasteiger partial charge < -0.3 is 23.7 Å². The van der Waals surface area contributed by atoms with Crippen molar-refractivity contribution in [2.45, 2.75) is 72.7 Å². The summed E-state index contributed by atoms with van der Waals surface area (Å²) in [6.07, 6.45) is 0.606. The molecule has 4 heterocycles. The first-order valence-corrected chi connectivity index (χ1v) is 16.3. The SMILES string of the molecule is CC(C)(C)OC(=O)n1[nH]c(=O)c2cnc(Oc3ccc(F)cc3F)nc21.CC(C)Oc1nn(C(=O)OC(C)(C)C)c2nc(Oc3ccc(F)cc3F)ncc12. The molecular weight excluding hydrogens is 736 g/mol. The number of benzene rings is 2. The fourth-order valence-electron chi connectivity index (χ4n) is 4.36. The second-order valence-electron chi connectivity index (χ2n) is 13.8. The van der Waals surface area contributed by atoms with E-state index in [9.17, 15) is 31.9 Å². The van der Waals surface area contributed by atoms with Crippen LogP contribution in [-0.2, 0) is 9.47 Å². The summed E-state index contributed by atoms with van der Waals surface area (Å²) in [6, 6.07) is 4.93. The molecule has 0 fully saturated rings. The molecule has 2 aromatic carbocycles. The fourth-order valence-corrected chi connectivity index (χ4v) is 4.36. The molecule has 0 aliphatic carbocycles. The summed E-state index contributed by atoms with van der Waals surface area (Å²) in [7, 11) is 0. The molecule has 0 amide bonds. The zero-order valence-corrected chi connectivity index (χ0v) is 30.6. The molecule has 6 rings (SSSR count). The van der Waals surface area contributed by atoms with E-state index in [0.717, 1.165) is 39.8 Å². The monoisotopic (exact) mass is 770 g/mol. The molecule has 0 saturated carbocycles. The lowest BCUT2D eigenvalue weighted by Crippen LogP contribution is -2.28. The highest BCUT2D eigenvalue weighted by atomic mass is 19.1. The van der Waals surface area contributed by atoms with Gasteiger partial charge in [-0.25, -0.2) is 37.1 Å². The number of hydrogen-bond donors (Lipinski definition) is 1. The highest BCUT2D eigenvalue weighted by Gasteiger charge is 2.26. The van der Waals surface area contributed by atoms with Gasteiger partial charge in [0.25, 0.3) is 5.56 Å². The van der Waals surface area contributed by atoms with E-state index in [0.29, 0.717) is 17.5 Å². The Morgan fingerprint density at radius 3 is 1.71 bits per heavy atom. The van der Waals surface area contributed by atoms with Crippen LogP contribution in [0.3, 0.4) is 0 Å². The topological polar surface area (TPSA) is 187 Å². The number of nitrogens with zero attached hydrogens (tertiary/aromatic N) is 7. The van der Waals surface area contributed by atoms with Crippen LogP contribution in [0, 0.1) is 23.3 Å². The Bertz CT molecular complexity index is 2450. The number of aromatic amines is 1. The Hall–Kier alpha value is -6.60. The number of halogens is 4. The lowest BCUT2D eigenvalue weighted by atomic mass is 10.2. The van der Waals surface area contributed by atoms with Crippen molar-refractivity contribution in [2.24, 2.45) is 0 Å². The summed E-state index contributed by atoms with van der Waals surface area (Å²) in [5.41, 5.74) is -2.21. The van der Waals surface area contributed by atoms with Crippen molar-refractivity contribution in [1.29, 1.82) is 0 Å². The van der Waals surface area contributed by atoms with Gasteiger partial charge in [0.2, 0.25) is 5.88 Å². The fraction of sp³-hybridized carbons (Fsp3) is 0.314. The minimum Gasteiger partial charge on any atom is -0.473 e. The Morgan fingerprint density at radius 1 is 0.727 bits per heavy atom. The third kappa shape index (κ3) is 9.89. The number of ether oxygens (including phenoxy) is 5. The lowest BCUT2D eigenvalue weighted by Gasteiger charge is -2.19. The van der Waals surface area contributed by atoms with Crippen LogP contribution >= 0.6 is 0 Å². The van der Waals surface area contributed by atoms with Crippen LogP contribution in [0.25, 0.3) is 22.1 Å². The van der Waals surface area contributed by atoms with E-state index in [1.54, 1.807) is 55.4 Å². The van der Waals surface area contributed by atoms with Crippen molar-refractivity contribution in [3.05, 3.63) is 82.4 Å². The number of H-pyrrole nitrogens is 1. The standard InChI is InChI=1S/C19H20F2N4O4.C16H14F2N4O4/c1-10(2)27-16-12-9-22-17(28-14-7-6-11(20)8-13(14)21)23-15(12)25(24-16)18(26)29-19(3,4)5;1-16(2,3)26-15(24)22-12-9(13(23)21-22)7-19-14(20-12)25-11-5-4-8(17)6-10(11)18/h6-10H,1-5H3;4-7H,1-3H3,(H,21,23). The van der Waals surface area contributed by atoms with Gasteiger partial charge in [0.05, 0.1) is 6.10 Å². The van der Waals surface area contributed by atoms with Gasteiger partial charge in [0.15, 0.2) is 34.4 Å². The van der Waals surface area contributed by atoms with Gasteiger partial charge in [-0.3, -0.25) is 9.89 Å². The Kier molecular flexibility index (Phi) is 11.1. The summed E-state index contributed by atoms with van der Waals surface area (Å²) < 4.78 is 81.9. The van der Waals surface area contributed by atoms with Crippen molar-refractivity contribution in [3.63, 3.8) is 0 Å². The maximum Gasteiger partial charge on any atom is 0.437 e. The van der Waals surface area contributed by atoms with E-state index >= 15 is 0 Å². The van der Waals surface area contributed by atoms with Gasteiger partial charge in [-0.2, -0.15) is 14.6 Å². The number of carbonyl (C=O) groups excluding carboxylic acids is 2. The zero-order valence-electron chi connectivity index (χ0n) is 30.6. The minimum absolute atomic E-state index is 0.0165. The van der Waals surface area contributed by atoms with Gasteiger partial charge in [-0.05, 0) is 79.7 Å². The van der Waals surface area contributed by atoms with E-state index < -0.39 is 52.2 Å². The number of hydrogen-bond acceptors (Lipinski definition) is 13. The highest BCUT2D eigenvalue weighted by molar-refractivity contribution is 5.88. The van der Waals surface area contributed by atoms with Gasteiger partial charge in [0.1, 0.15) is 33.6 Å². The molecule has 20 heteroatoms. The van der Waals surface area contributed by atoms with Crippen LogP contribution in [0.15, 0.2) is 53.6 Å². The minimum atomic E-state index is -0.952. The normalized spacial score (nSPS) is 11.7. The summed E-state index contributed by atoms with van der Waals surface area (Å²) in [4.78, 5) is 52.6. The summed E-state index contributed by atoms with van der Waals surface area (Å²) in [5.74, 6) is -3.83. The molecule has 290 valence electrons. The van der Waals surface area contributed by atoms with Crippen molar-refractivity contribution < 1.29 is 50.8 Å². The Balaban J connectivity index is 0.000000212. The number of nitrogens with one attached hydrogen (secondary N) is 1. The summed E-state index contributed by atoms with van der Waals surface area (Å²) in [6.45, 7) is 13.7. The maximum absolute atomic E-state index is 13.9. The Morgan fingerprint density at radius 2 is 1.22 bits per heavy atom. The average Bonchev–Trinajstić information content (AvgIpc) is 3.59. The first-order chi connectivity index (χ1) is 25.7. The van der Waals surface area contributed by atoms with E-state index in [4.69, 9.17) is 23.7 Å². The maximum atomic E-state index is 13.9. The van der Waals surface area contributed by atoms with Crippen molar-refractivity contribution in [3.8, 4) is 29.4 Å². The third-order valence-corrected chi connectivity index (χ3v) is 6.46. The molecule has 0 unspecified atom stereocenters. The first-order valence-electron chi connectivity index (χ1n) is 16.3. The molecular formula is C35H34F4N8O8. The van der Waals surface area contributed by atoms with Crippen LogP contribution < -0.4 is 19.8 Å². The van der Waals surface area contributed by atoms with Crippen LogP contribution in [0.2, 0.25) is 0 Å². The molecule has 6 aromatic rings. The lowest BCUT2D eigenvalue weighted by molar-refractivity contribution is 0.0508. The quantitative estimate of drug-likeness (QED) is 0.165. The average molecular weight is 771 g/mol. The van der Waals surface area contributed by atoms with Crippen LogP contribution in [0.1, 0.15) is 55.4 Å². The molecule has 4 aromatic heterocycles. The van der Waals surface area contributed by atoms with Crippen molar-refractivity contribution in [1.82, 2.24) is 39.5 Å². The van der Waals surface area contributed by atoms with Crippen molar-refractivity contribution in [2.75, 3.05) is 0 Å². The van der Waals surface area contributed by atoms with Gasteiger partial charge in [-0.15, -0.1) is 9.78 Å². The number of aromatic nitrogens is 8. The number of fused-ring (bicyclic) bond motifs is 2. The predicted octanol–water partition coefficient (Wildman–Crippen LogP) is 7.44. The number of rotatable bonds is 6. The molecule has 16 nitrogen and oxygen atoms in total. The zero-order chi connectivity index (χ0) is 40.4. The third-order valence-electron chi connectivity index (χ3n) is 6.46. The Labute approximate surface area is 309 Å². The van der Waals surface area contributed by atoms with E-state index in [-0.39, 0.29) is 52.2 Å². The molecule has 1 N–H and O–H groups in total. The van der Waals surface area contributed by atoms with Crippen LogP contribution in [-0.4, -0.2) is 69.0 Å². The van der Waals surface area contributed by atoms with E-state index in [1.807, 2.05) is 0 Å². The summed E-state index contributed by atoms with van der Waals surface area (Å²) >= 11 is 0. The smallest absolute Gasteiger partial charge is 0.437 e. The predicted molar refractivity (Wildman–Crippen MR) is 185 cm³/mol. The molecule has 0 bridgehead atoms. The number of carbonyl (C=O) groups is 2. The van der Waals surface area contributed by atoms with Crippen LogP contribution in [0.5, 0.6) is 29.4 Å². The largest absolute Gasteiger partial charge is 0.473 e. The van der Waals surface area contributed by atoms with E-state index in [2.05, 4.69) is 30.1 Å². The molecule has 55 heavy (non-hydrogen) atoms. The second-order valence-corrected chi connectivity index (χ2v) is 13.8.